The lowest BCUT2D eigenvalue weighted by Crippen LogP contribution is -1.91. The molecular weight excluding hydrogens is 158 g/mol. The minimum absolute atomic E-state index is 0.386. The van der Waals surface area contributed by atoms with Gasteiger partial charge in [-0.15, -0.1) is 0 Å². The summed E-state index contributed by atoms with van der Waals surface area (Å²) in [6.45, 7) is 4.15. The number of aromatic nitrogens is 1. The molecule has 1 nitrogen and oxygen atoms in total. The molecule has 1 heterocycles. The fourth-order valence-electron chi connectivity index (χ4n) is 1.09. The van der Waals surface area contributed by atoms with Crippen molar-refractivity contribution in [1.29, 1.82) is 0 Å². The van der Waals surface area contributed by atoms with Gasteiger partial charge in [0.15, 0.2) is 0 Å². The van der Waals surface area contributed by atoms with Gasteiger partial charge in [-0.1, -0.05) is 37.3 Å². The van der Waals surface area contributed by atoms with Gasteiger partial charge in [-0.2, -0.15) is 0 Å². The molecule has 0 spiro atoms. The molecule has 0 aliphatic heterocycles. The first-order chi connectivity index (χ1) is 6.34. The van der Waals surface area contributed by atoms with E-state index in [9.17, 15) is 0 Å². The van der Waals surface area contributed by atoms with Gasteiger partial charge in [0.05, 0.1) is 0 Å². The second kappa shape index (κ2) is 5.31. The maximum absolute atomic E-state index is 4.28. The third-order valence-corrected chi connectivity index (χ3v) is 1.86. The zero-order chi connectivity index (χ0) is 9.52. The topological polar surface area (TPSA) is 12.9 Å². The van der Waals surface area contributed by atoms with Crippen molar-refractivity contribution in [2.45, 2.75) is 19.8 Å². The Hall–Kier alpha value is -1.37. The highest BCUT2D eigenvalue weighted by Gasteiger charge is 1.99. The van der Waals surface area contributed by atoms with Crippen LogP contribution in [0.15, 0.2) is 48.7 Å². The van der Waals surface area contributed by atoms with E-state index in [2.05, 4.69) is 24.1 Å². The van der Waals surface area contributed by atoms with Crippen molar-refractivity contribution >= 4 is 0 Å². The van der Waals surface area contributed by atoms with Crippen LogP contribution in [0.3, 0.4) is 0 Å². The second-order valence-corrected chi connectivity index (χ2v) is 2.95. The summed E-state index contributed by atoms with van der Waals surface area (Å²) < 4.78 is 0. The maximum atomic E-state index is 4.28. The Balaban J connectivity index is 2.63. The molecule has 1 atom stereocenters. The summed E-state index contributed by atoms with van der Waals surface area (Å²) >= 11 is 0. The van der Waals surface area contributed by atoms with E-state index in [-0.39, 0.29) is 0 Å². The van der Waals surface area contributed by atoms with Crippen LogP contribution in [-0.2, 0) is 0 Å². The molecule has 1 rings (SSSR count). The first-order valence-corrected chi connectivity index (χ1v) is 4.55. The Morgan fingerprint density at radius 1 is 1.31 bits per heavy atom. The van der Waals surface area contributed by atoms with Crippen molar-refractivity contribution < 1.29 is 0 Å². The van der Waals surface area contributed by atoms with E-state index in [1.54, 1.807) is 0 Å². The molecule has 1 aromatic heterocycles. The molecule has 0 saturated heterocycles. The average Bonchev–Trinajstić information content (AvgIpc) is 2.19. The molecule has 0 radical (unpaired) electrons. The fourth-order valence-corrected chi connectivity index (χ4v) is 1.09. The third kappa shape index (κ3) is 3.24. The lowest BCUT2D eigenvalue weighted by Gasteiger charge is -2.03. The van der Waals surface area contributed by atoms with Gasteiger partial charge in [-0.05, 0) is 19.1 Å². The molecule has 0 aromatic carbocycles. The van der Waals surface area contributed by atoms with Gasteiger partial charge in [-0.3, -0.25) is 4.98 Å². The smallest absolute Gasteiger partial charge is 0.0469 e. The van der Waals surface area contributed by atoms with Gasteiger partial charge < -0.3 is 0 Å². The van der Waals surface area contributed by atoms with Crippen molar-refractivity contribution in [3.63, 3.8) is 0 Å². The Kier molecular flexibility index (Phi) is 3.97. The summed E-state index contributed by atoms with van der Waals surface area (Å²) in [4.78, 5) is 4.28. The SMILES string of the molecule is C/C=C\C=C\C(C)c1ccccn1. The summed E-state index contributed by atoms with van der Waals surface area (Å²) in [7, 11) is 0. The zero-order valence-corrected chi connectivity index (χ0v) is 8.14. The van der Waals surface area contributed by atoms with Crippen LogP contribution in [0, 0.1) is 0 Å². The van der Waals surface area contributed by atoms with Crippen molar-refractivity contribution in [3.8, 4) is 0 Å². The van der Waals surface area contributed by atoms with Crippen LogP contribution in [0.25, 0.3) is 0 Å². The van der Waals surface area contributed by atoms with Crippen LogP contribution in [-0.4, -0.2) is 4.98 Å². The van der Waals surface area contributed by atoms with E-state index in [1.165, 1.54) is 0 Å². The van der Waals surface area contributed by atoms with Crippen molar-refractivity contribution in [2.24, 2.45) is 0 Å². The highest BCUT2D eigenvalue weighted by atomic mass is 14.7. The minimum atomic E-state index is 0.386. The molecule has 0 aliphatic carbocycles. The van der Waals surface area contributed by atoms with Crippen LogP contribution in [0.4, 0.5) is 0 Å². The number of rotatable bonds is 3. The van der Waals surface area contributed by atoms with Crippen molar-refractivity contribution in [3.05, 3.63) is 54.4 Å². The number of nitrogens with zero attached hydrogens (tertiary/aromatic N) is 1. The largest absolute Gasteiger partial charge is 0.261 e. The van der Waals surface area contributed by atoms with Gasteiger partial charge in [0.25, 0.3) is 0 Å². The molecule has 1 aromatic rings. The number of pyridine rings is 1. The quantitative estimate of drug-likeness (QED) is 0.639. The van der Waals surface area contributed by atoms with Gasteiger partial charge in [0.1, 0.15) is 0 Å². The number of hydrogen-bond donors (Lipinski definition) is 0. The molecular formula is C12H15N. The summed E-state index contributed by atoms with van der Waals surface area (Å²) in [5, 5.41) is 0. The Morgan fingerprint density at radius 3 is 2.77 bits per heavy atom. The highest BCUT2D eigenvalue weighted by Crippen LogP contribution is 2.12. The normalized spacial score (nSPS) is 14.0. The fraction of sp³-hybridized carbons (Fsp3) is 0.250. The minimum Gasteiger partial charge on any atom is -0.261 e. The second-order valence-electron chi connectivity index (χ2n) is 2.95. The maximum Gasteiger partial charge on any atom is 0.0469 e. The Bertz CT molecular complexity index is 285. The average molecular weight is 173 g/mol. The molecule has 0 aliphatic rings. The number of allylic oxidation sites excluding steroid dienone is 4. The first-order valence-electron chi connectivity index (χ1n) is 4.55. The summed E-state index contributed by atoms with van der Waals surface area (Å²) in [5.74, 6) is 0.386. The molecule has 0 bridgehead atoms. The van der Waals surface area contributed by atoms with E-state index in [0.29, 0.717) is 5.92 Å². The molecule has 68 valence electrons. The summed E-state index contributed by atoms with van der Waals surface area (Å²) in [6, 6.07) is 6.00. The highest BCUT2D eigenvalue weighted by molar-refractivity contribution is 5.16. The van der Waals surface area contributed by atoms with Crippen LogP contribution in [0.5, 0.6) is 0 Å². The number of hydrogen-bond acceptors (Lipinski definition) is 1. The predicted octanol–water partition coefficient (Wildman–Crippen LogP) is 3.32. The molecule has 0 N–H and O–H groups in total. The Morgan fingerprint density at radius 2 is 2.15 bits per heavy atom. The molecule has 13 heavy (non-hydrogen) atoms. The standard InChI is InChI=1S/C12H15N/c1-3-4-5-8-11(2)12-9-6-7-10-13-12/h3-11H,1-2H3/b4-3-,8-5+. The van der Waals surface area contributed by atoms with E-state index in [1.807, 2.05) is 43.5 Å². The molecule has 0 fully saturated rings. The van der Waals surface area contributed by atoms with E-state index in [4.69, 9.17) is 0 Å². The first kappa shape index (κ1) is 9.72. The summed E-state index contributed by atoms with van der Waals surface area (Å²) in [5.41, 5.74) is 1.11. The lowest BCUT2D eigenvalue weighted by molar-refractivity contribution is 0.907. The van der Waals surface area contributed by atoms with Crippen molar-refractivity contribution in [2.75, 3.05) is 0 Å². The third-order valence-electron chi connectivity index (χ3n) is 1.86. The molecule has 1 heteroatoms. The van der Waals surface area contributed by atoms with E-state index in [0.717, 1.165) is 5.69 Å². The van der Waals surface area contributed by atoms with E-state index < -0.39 is 0 Å². The zero-order valence-electron chi connectivity index (χ0n) is 8.14. The monoisotopic (exact) mass is 173 g/mol. The van der Waals surface area contributed by atoms with Crippen LogP contribution < -0.4 is 0 Å². The molecule has 0 amide bonds. The van der Waals surface area contributed by atoms with E-state index >= 15 is 0 Å². The van der Waals surface area contributed by atoms with Gasteiger partial charge in [0.2, 0.25) is 0 Å². The van der Waals surface area contributed by atoms with Crippen molar-refractivity contribution in [1.82, 2.24) is 4.98 Å². The lowest BCUT2D eigenvalue weighted by atomic mass is 10.1. The van der Waals surface area contributed by atoms with Crippen LogP contribution >= 0.6 is 0 Å². The van der Waals surface area contributed by atoms with Gasteiger partial charge in [-0.25, -0.2) is 0 Å². The Labute approximate surface area is 79.8 Å². The van der Waals surface area contributed by atoms with Crippen LogP contribution in [0.1, 0.15) is 25.5 Å². The van der Waals surface area contributed by atoms with Gasteiger partial charge >= 0.3 is 0 Å². The molecule has 1 unspecified atom stereocenters. The van der Waals surface area contributed by atoms with Gasteiger partial charge in [0, 0.05) is 17.8 Å². The van der Waals surface area contributed by atoms with Crippen LogP contribution in [0.2, 0.25) is 0 Å². The molecule has 0 saturated carbocycles. The summed E-state index contributed by atoms with van der Waals surface area (Å²) in [6.07, 6.45) is 10.1. The predicted molar refractivity (Wildman–Crippen MR) is 56.6 cm³/mol.